The molecule has 0 aliphatic carbocycles. The van der Waals surface area contributed by atoms with Gasteiger partial charge in [0, 0.05) is 38.1 Å². The molecule has 33 heavy (non-hydrogen) atoms. The molecule has 3 rings (SSSR count). The maximum absolute atomic E-state index is 12.7. The fourth-order valence-corrected chi connectivity index (χ4v) is 4.33. The molecule has 12 heteroatoms. The largest absolute Gasteiger partial charge is 0.325 e. The van der Waals surface area contributed by atoms with Crippen LogP contribution >= 0.6 is 11.8 Å². The number of carbonyl (C=O) groups excluding carboxylic acids is 2. The standard InChI is InChI=1S/C21H24N6O4S2/c1-14-5-6-15(11-18(14)24-19(28)12-32-21-25-22-13-27(21)4)20(29)23-16-7-9-17(10-8-16)33(30,31)26(2)3/h5-11,13H,12H2,1-4H3,(H,23,29)(H,24,28). The second kappa shape index (κ2) is 10.1. The zero-order valence-corrected chi connectivity index (χ0v) is 20.2. The van der Waals surface area contributed by atoms with Gasteiger partial charge in [0.2, 0.25) is 15.9 Å². The van der Waals surface area contributed by atoms with E-state index >= 15 is 0 Å². The summed E-state index contributed by atoms with van der Waals surface area (Å²) < 4.78 is 27.2. The number of carbonyl (C=O) groups is 2. The molecule has 0 fully saturated rings. The normalized spacial score (nSPS) is 11.4. The molecule has 0 spiro atoms. The van der Waals surface area contributed by atoms with Crippen LogP contribution in [0.4, 0.5) is 11.4 Å². The maximum Gasteiger partial charge on any atom is 0.255 e. The number of aromatic nitrogens is 3. The Bertz CT molecular complexity index is 1270. The number of aryl methyl sites for hydroxylation is 2. The van der Waals surface area contributed by atoms with Gasteiger partial charge in [-0.15, -0.1) is 10.2 Å². The van der Waals surface area contributed by atoms with Crippen LogP contribution in [-0.4, -0.2) is 59.2 Å². The van der Waals surface area contributed by atoms with Gasteiger partial charge in [0.05, 0.1) is 10.6 Å². The third kappa shape index (κ3) is 5.97. The highest BCUT2D eigenvalue weighted by atomic mass is 32.2. The minimum absolute atomic E-state index is 0.130. The minimum atomic E-state index is -3.55. The zero-order valence-electron chi connectivity index (χ0n) is 18.6. The SMILES string of the molecule is Cc1ccc(C(=O)Nc2ccc(S(=O)(=O)N(C)C)cc2)cc1NC(=O)CSc1nncn1C. The van der Waals surface area contributed by atoms with E-state index in [2.05, 4.69) is 20.8 Å². The molecule has 0 radical (unpaired) electrons. The zero-order chi connectivity index (χ0) is 24.2. The van der Waals surface area contributed by atoms with Crippen molar-refractivity contribution in [3.05, 3.63) is 59.9 Å². The summed E-state index contributed by atoms with van der Waals surface area (Å²) in [6, 6.07) is 10.9. The van der Waals surface area contributed by atoms with Crippen LogP contribution in [0.15, 0.2) is 58.8 Å². The number of hydrogen-bond acceptors (Lipinski definition) is 7. The molecule has 0 bridgehead atoms. The van der Waals surface area contributed by atoms with Crippen LogP contribution < -0.4 is 10.6 Å². The quantitative estimate of drug-likeness (QED) is 0.466. The first kappa shape index (κ1) is 24.4. The molecule has 0 saturated carbocycles. The van der Waals surface area contributed by atoms with E-state index < -0.39 is 10.0 Å². The van der Waals surface area contributed by atoms with E-state index in [1.165, 1.54) is 50.1 Å². The summed E-state index contributed by atoms with van der Waals surface area (Å²) in [6.45, 7) is 1.83. The molecule has 174 valence electrons. The van der Waals surface area contributed by atoms with Gasteiger partial charge in [0.1, 0.15) is 6.33 Å². The van der Waals surface area contributed by atoms with Gasteiger partial charge in [-0.2, -0.15) is 0 Å². The molecule has 0 unspecified atom stereocenters. The van der Waals surface area contributed by atoms with Gasteiger partial charge in [-0.3, -0.25) is 9.59 Å². The Labute approximate surface area is 196 Å². The van der Waals surface area contributed by atoms with E-state index in [1.54, 1.807) is 36.1 Å². The number of nitrogens with one attached hydrogen (secondary N) is 2. The lowest BCUT2D eigenvalue weighted by Crippen LogP contribution is -2.22. The lowest BCUT2D eigenvalue weighted by atomic mass is 10.1. The highest BCUT2D eigenvalue weighted by Crippen LogP contribution is 2.21. The van der Waals surface area contributed by atoms with E-state index in [-0.39, 0.29) is 22.5 Å². The summed E-state index contributed by atoms with van der Waals surface area (Å²) in [5, 5.41) is 13.9. The van der Waals surface area contributed by atoms with Crippen LogP contribution in [0.1, 0.15) is 15.9 Å². The van der Waals surface area contributed by atoms with Crippen molar-refractivity contribution in [1.82, 2.24) is 19.1 Å². The lowest BCUT2D eigenvalue weighted by molar-refractivity contribution is -0.113. The third-order valence-corrected chi connectivity index (χ3v) is 7.53. The average molecular weight is 489 g/mol. The first-order valence-electron chi connectivity index (χ1n) is 9.79. The molecular formula is C21H24N6O4S2. The van der Waals surface area contributed by atoms with Crippen molar-refractivity contribution in [3.8, 4) is 0 Å². The van der Waals surface area contributed by atoms with Crippen molar-refractivity contribution >= 4 is 45.0 Å². The maximum atomic E-state index is 12.7. The molecular weight excluding hydrogens is 464 g/mol. The fourth-order valence-electron chi connectivity index (χ4n) is 2.74. The van der Waals surface area contributed by atoms with Gasteiger partial charge in [-0.25, -0.2) is 12.7 Å². The van der Waals surface area contributed by atoms with Crippen molar-refractivity contribution in [2.45, 2.75) is 17.0 Å². The molecule has 2 N–H and O–H groups in total. The first-order valence-corrected chi connectivity index (χ1v) is 12.2. The van der Waals surface area contributed by atoms with Crippen molar-refractivity contribution in [1.29, 1.82) is 0 Å². The summed E-state index contributed by atoms with van der Waals surface area (Å²) in [5.41, 5.74) is 2.13. The van der Waals surface area contributed by atoms with Crippen LogP contribution in [0, 0.1) is 6.92 Å². The summed E-state index contributed by atoms with van der Waals surface area (Å²) in [4.78, 5) is 25.2. The van der Waals surface area contributed by atoms with E-state index in [9.17, 15) is 18.0 Å². The number of nitrogens with zero attached hydrogens (tertiary/aromatic N) is 4. The van der Waals surface area contributed by atoms with Gasteiger partial charge in [-0.05, 0) is 48.9 Å². The average Bonchev–Trinajstić information content (AvgIpc) is 3.18. The fraction of sp³-hybridized carbons (Fsp3) is 0.238. The summed E-state index contributed by atoms with van der Waals surface area (Å²) in [5.74, 6) is -0.478. The van der Waals surface area contributed by atoms with Gasteiger partial charge in [0.25, 0.3) is 5.91 Å². The Morgan fingerprint density at radius 3 is 2.39 bits per heavy atom. The number of rotatable bonds is 8. The number of benzene rings is 2. The molecule has 0 saturated heterocycles. The highest BCUT2D eigenvalue weighted by molar-refractivity contribution is 7.99. The molecule has 2 amide bonds. The Morgan fingerprint density at radius 1 is 1.09 bits per heavy atom. The molecule has 1 heterocycles. The van der Waals surface area contributed by atoms with Gasteiger partial charge >= 0.3 is 0 Å². The second-order valence-electron chi connectivity index (χ2n) is 7.36. The van der Waals surface area contributed by atoms with Crippen molar-refractivity contribution < 1.29 is 18.0 Å². The van der Waals surface area contributed by atoms with Crippen LogP contribution in [0.5, 0.6) is 0 Å². The topological polar surface area (TPSA) is 126 Å². The molecule has 2 aromatic carbocycles. The number of amides is 2. The number of anilines is 2. The van der Waals surface area contributed by atoms with E-state index in [0.717, 1.165) is 9.87 Å². The molecule has 10 nitrogen and oxygen atoms in total. The number of hydrogen-bond donors (Lipinski definition) is 2. The third-order valence-electron chi connectivity index (χ3n) is 4.67. The Hall–Kier alpha value is -3.22. The van der Waals surface area contributed by atoms with E-state index in [0.29, 0.717) is 22.1 Å². The lowest BCUT2D eigenvalue weighted by Gasteiger charge is -2.13. The van der Waals surface area contributed by atoms with Crippen molar-refractivity contribution in [3.63, 3.8) is 0 Å². The Kier molecular flexibility index (Phi) is 7.51. The molecule has 1 aromatic heterocycles. The summed E-state index contributed by atoms with van der Waals surface area (Å²) in [6.07, 6.45) is 1.56. The van der Waals surface area contributed by atoms with Crippen molar-refractivity contribution in [2.24, 2.45) is 7.05 Å². The predicted octanol–water partition coefficient (Wildman–Crippen LogP) is 2.36. The number of sulfonamides is 1. The van der Waals surface area contributed by atoms with Gasteiger partial charge in [0.15, 0.2) is 5.16 Å². The molecule has 0 aliphatic rings. The van der Waals surface area contributed by atoms with Gasteiger partial charge < -0.3 is 15.2 Å². The molecule has 3 aromatic rings. The Morgan fingerprint density at radius 2 is 1.79 bits per heavy atom. The smallest absolute Gasteiger partial charge is 0.255 e. The first-order chi connectivity index (χ1) is 15.6. The monoisotopic (exact) mass is 488 g/mol. The summed E-state index contributed by atoms with van der Waals surface area (Å²) in [7, 11) is 1.15. The predicted molar refractivity (Wildman–Crippen MR) is 127 cm³/mol. The van der Waals surface area contributed by atoms with Crippen LogP contribution in [0.3, 0.4) is 0 Å². The highest BCUT2D eigenvalue weighted by Gasteiger charge is 2.17. The van der Waals surface area contributed by atoms with Gasteiger partial charge in [-0.1, -0.05) is 17.8 Å². The van der Waals surface area contributed by atoms with Crippen molar-refractivity contribution in [2.75, 3.05) is 30.5 Å². The van der Waals surface area contributed by atoms with E-state index in [4.69, 9.17) is 0 Å². The van der Waals surface area contributed by atoms with Crippen LogP contribution in [0.2, 0.25) is 0 Å². The minimum Gasteiger partial charge on any atom is -0.325 e. The summed E-state index contributed by atoms with van der Waals surface area (Å²) >= 11 is 1.26. The molecule has 0 atom stereocenters. The Balaban J connectivity index is 1.66. The van der Waals surface area contributed by atoms with E-state index in [1.807, 2.05) is 6.92 Å². The van der Waals surface area contributed by atoms with Crippen LogP contribution in [0.25, 0.3) is 0 Å². The molecule has 0 aliphatic heterocycles. The number of thioether (sulfide) groups is 1. The van der Waals surface area contributed by atoms with Crippen LogP contribution in [-0.2, 0) is 21.9 Å². The second-order valence-corrected chi connectivity index (χ2v) is 10.5.